The van der Waals surface area contributed by atoms with Crippen LogP contribution in [0.25, 0.3) is 10.9 Å². The second-order valence-electron chi connectivity index (χ2n) is 7.04. The van der Waals surface area contributed by atoms with Crippen LogP contribution in [0, 0.1) is 6.92 Å². The second kappa shape index (κ2) is 10.8. The Bertz CT molecular complexity index is 1080. The Balaban J connectivity index is 1.63. The smallest absolute Gasteiger partial charge is 0.338 e. The summed E-state index contributed by atoms with van der Waals surface area (Å²) in [5.74, 6) is 0.332. The second-order valence-corrected chi connectivity index (χ2v) is 8.04. The van der Waals surface area contributed by atoms with Crippen LogP contribution in [0.1, 0.15) is 35.7 Å². The highest BCUT2D eigenvalue weighted by atomic mass is 32.2. The van der Waals surface area contributed by atoms with Gasteiger partial charge in [-0.15, -0.1) is 0 Å². The lowest BCUT2D eigenvalue weighted by molar-refractivity contribution is -0.113. The molecule has 0 saturated carbocycles. The van der Waals surface area contributed by atoms with Gasteiger partial charge in [0.15, 0.2) is 0 Å². The van der Waals surface area contributed by atoms with Crippen LogP contribution in [0.2, 0.25) is 0 Å². The molecule has 162 valence electrons. The summed E-state index contributed by atoms with van der Waals surface area (Å²) in [7, 11) is 1.62. The standard InChI is InChI=1S/C24H26N2O4S/c1-4-5-12-30-24(28)17-8-6-9-18(14-17)25-21(27)15-31-22-13-16(2)19-10-7-11-20(29-3)23(19)26-22/h6-11,13-14H,4-5,12,15H2,1-3H3,(H,25,27). The van der Waals surface area contributed by atoms with Gasteiger partial charge in [0, 0.05) is 11.1 Å². The van der Waals surface area contributed by atoms with E-state index in [1.54, 1.807) is 31.4 Å². The van der Waals surface area contributed by atoms with Crippen molar-refractivity contribution < 1.29 is 19.1 Å². The van der Waals surface area contributed by atoms with E-state index in [4.69, 9.17) is 9.47 Å². The first kappa shape index (κ1) is 22.6. The van der Waals surface area contributed by atoms with Crippen molar-refractivity contribution in [1.82, 2.24) is 4.98 Å². The SMILES string of the molecule is CCCCOC(=O)c1cccc(NC(=O)CSc2cc(C)c3cccc(OC)c3n2)c1. The number of carbonyl (C=O) groups is 2. The van der Waals surface area contributed by atoms with Crippen molar-refractivity contribution in [3.63, 3.8) is 0 Å². The third-order valence-electron chi connectivity index (χ3n) is 4.67. The molecule has 0 unspecified atom stereocenters. The predicted molar refractivity (Wildman–Crippen MR) is 124 cm³/mol. The lowest BCUT2D eigenvalue weighted by atomic mass is 10.1. The van der Waals surface area contributed by atoms with Crippen LogP contribution in [0.5, 0.6) is 5.75 Å². The van der Waals surface area contributed by atoms with Crippen molar-refractivity contribution >= 4 is 40.2 Å². The number of nitrogens with one attached hydrogen (secondary N) is 1. The maximum atomic E-state index is 12.4. The molecule has 1 aromatic heterocycles. The number of esters is 1. The lowest BCUT2D eigenvalue weighted by Gasteiger charge is -2.10. The number of rotatable bonds is 9. The highest BCUT2D eigenvalue weighted by molar-refractivity contribution is 7.99. The fourth-order valence-electron chi connectivity index (χ4n) is 3.05. The first-order valence-corrected chi connectivity index (χ1v) is 11.1. The third-order valence-corrected chi connectivity index (χ3v) is 5.58. The topological polar surface area (TPSA) is 77.5 Å². The van der Waals surface area contributed by atoms with Gasteiger partial charge in [0.05, 0.1) is 30.1 Å². The van der Waals surface area contributed by atoms with E-state index in [1.165, 1.54) is 11.8 Å². The zero-order valence-corrected chi connectivity index (χ0v) is 18.8. The molecule has 3 rings (SSSR count). The average molecular weight is 439 g/mol. The van der Waals surface area contributed by atoms with Crippen LogP contribution in [-0.2, 0) is 9.53 Å². The number of ether oxygens (including phenoxy) is 2. The summed E-state index contributed by atoms with van der Waals surface area (Å²) in [5.41, 5.74) is 2.82. The molecule has 0 atom stereocenters. The van der Waals surface area contributed by atoms with Crippen LogP contribution in [-0.4, -0.2) is 36.3 Å². The quantitative estimate of drug-likeness (QED) is 0.280. The molecule has 0 aliphatic heterocycles. The maximum absolute atomic E-state index is 12.4. The Morgan fingerprint density at radius 2 is 1.94 bits per heavy atom. The van der Waals surface area contributed by atoms with Gasteiger partial charge in [-0.2, -0.15) is 0 Å². The number of benzene rings is 2. The third kappa shape index (κ3) is 5.98. The summed E-state index contributed by atoms with van der Waals surface area (Å²) < 4.78 is 10.6. The van der Waals surface area contributed by atoms with Crippen LogP contribution in [0.15, 0.2) is 53.6 Å². The molecule has 1 heterocycles. The monoisotopic (exact) mass is 438 g/mol. The number of anilines is 1. The van der Waals surface area contributed by atoms with Crippen molar-refractivity contribution in [2.45, 2.75) is 31.7 Å². The molecule has 1 N–H and O–H groups in total. The van der Waals surface area contributed by atoms with Crippen molar-refractivity contribution in [2.24, 2.45) is 0 Å². The van der Waals surface area contributed by atoms with Crippen LogP contribution >= 0.6 is 11.8 Å². The largest absolute Gasteiger partial charge is 0.494 e. The van der Waals surface area contributed by atoms with Crippen LogP contribution < -0.4 is 10.1 Å². The molecule has 0 radical (unpaired) electrons. The summed E-state index contributed by atoms with van der Waals surface area (Å²) in [4.78, 5) is 29.2. The highest BCUT2D eigenvalue weighted by Crippen LogP contribution is 2.29. The Labute approximate surface area is 186 Å². The number of methoxy groups -OCH3 is 1. The first-order valence-electron chi connectivity index (χ1n) is 10.2. The van der Waals surface area contributed by atoms with Crippen molar-refractivity contribution in [2.75, 3.05) is 24.8 Å². The van der Waals surface area contributed by atoms with E-state index < -0.39 is 0 Å². The molecule has 31 heavy (non-hydrogen) atoms. The Morgan fingerprint density at radius 1 is 1.13 bits per heavy atom. The molecule has 0 spiro atoms. The van der Waals surface area contributed by atoms with E-state index in [9.17, 15) is 9.59 Å². The molecule has 2 aromatic carbocycles. The summed E-state index contributed by atoms with van der Waals surface area (Å²) >= 11 is 1.35. The van der Waals surface area contributed by atoms with Gasteiger partial charge in [-0.25, -0.2) is 9.78 Å². The number of nitrogens with zero attached hydrogens (tertiary/aromatic N) is 1. The van der Waals surface area contributed by atoms with Crippen molar-refractivity contribution in [3.8, 4) is 5.75 Å². The number of aromatic nitrogens is 1. The molecule has 3 aromatic rings. The number of carbonyl (C=O) groups excluding carboxylic acids is 2. The normalized spacial score (nSPS) is 10.7. The van der Waals surface area contributed by atoms with Crippen LogP contribution in [0.3, 0.4) is 0 Å². The van der Waals surface area contributed by atoms with E-state index in [2.05, 4.69) is 10.3 Å². The van der Waals surface area contributed by atoms with Crippen molar-refractivity contribution in [3.05, 3.63) is 59.7 Å². The summed E-state index contributed by atoms with van der Waals surface area (Å²) in [6.07, 6.45) is 1.78. The maximum Gasteiger partial charge on any atom is 0.338 e. The number of amides is 1. The molecule has 0 aliphatic rings. The van der Waals surface area contributed by atoms with Gasteiger partial charge in [0.25, 0.3) is 0 Å². The Morgan fingerprint density at radius 3 is 2.71 bits per heavy atom. The molecule has 0 bridgehead atoms. The Hall–Kier alpha value is -3.06. The van der Waals surface area contributed by atoms with Gasteiger partial charge in [0.1, 0.15) is 11.3 Å². The molecule has 0 aliphatic carbocycles. The molecule has 0 saturated heterocycles. The molecular weight excluding hydrogens is 412 g/mol. The van der Waals surface area contributed by atoms with Gasteiger partial charge in [-0.3, -0.25) is 4.79 Å². The highest BCUT2D eigenvalue weighted by Gasteiger charge is 2.12. The number of hydrogen-bond acceptors (Lipinski definition) is 6. The van der Waals surface area contributed by atoms with Gasteiger partial charge in [0.2, 0.25) is 5.91 Å². The molecule has 6 nitrogen and oxygen atoms in total. The van der Waals surface area contributed by atoms with Gasteiger partial charge in [-0.05, 0) is 49.2 Å². The van der Waals surface area contributed by atoms with E-state index >= 15 is 0 Å². The molecule has 1 amide bonds. The lowest BCUT2D eigenvalue weighted by Crippen LogP contribution is -2.15. The fraction of sp³-hybridized carbons (Fsp3) is 0.292. The Kier molecular flexibility index (Phi) is 7.89. The fourth-order valence-corrected chi connectivity index (χ4v) is 3.82. The number of hydrogen-bond donors (Lipinski definition) is 1. The van der Waals surface area contributed by atoms with Gasteiger partial charge in [-0.1, -0.05) is 43.3 Å². The number of fused-ring (bicyclic) bond motifs is 1. The average Bonchev–Trinajstić information content (AvgIpc) is 2.77. The zero-order valence-electron chi connectivity index (χ0n) is 17.9. The van der Waals surface area contributed by atoms with E-state index in [1.807, 2.05) is 38.1 Å². The van der Waals surface area contributed by atoms with E-state index in [0.29, 0.717) is 23.6 Å². The summed E-state index contributed by atoms with van der Waals surface area (Å²) in [6, 6.07) is 14.5. The number of thioether (sulfide) groups is 1. The number of aryl methyl sites for hydroxylation is 1. The number of unbranched alkanes of at least 4 members (excludes halogenated alkanes) is 1. The van der Waals surface area contributed by atoms with Crippen LogP contribution in [0.4, 0.5) is 5.69 Å². The van der Waals surface area contributed by atoms with Gasteiger partial charge < -0.3 is 14.8 Å². The van der Waals surface area contributed by atoms with E-state index in [0.717, 1.165) is 34.3 Å². The minimum atomic E-state index is -0.385. The minimum Gasteiger partial charge on any atom is -0.494 e. The predicted octanol–water partition coefficient (Wildman–Crippen LogP) is 5.24. The van der Waals surface area contributed by atoms with Gasteiger partial charge >= 0.3 is 5.97 Å². The molecular formula is C24H26N2O4S. The van der Waals surface area contributed by atoms with E-state index in [-0.39, 0.29) is 17.6 Å². The molecule has 7 heteroatoms. The number of pyridine rings is 1. The molecule has 0 fully saturated rings. The summed E-state index contributed by atoms with van der Waals surface area (Å²) in [5, 5.41) is 4.60. The first-order chi connectivity index (χ1) is 15.0. The van der Waals surface area contributed by atoms with Crippen molar-refractivity contribution in [1.29, 1.82) is 0 Å². The minimum absolute atomic E-state index is 0.180. The zero-order chi connectivity index (χ0) is 22.2. The summed E-state index contributed by atoms with van der Waals surface area (Å²) in [6.45, 7) is 4.44. The number of para-hydroxylation sites is 1.